The van der Waals surface area contributed by atoms with E-state index in [0.29, 0.717) is 17.4 Å². The molecule has 0 aliphatic heterocycles. The van der Waals surface area contributed by atoms with Gasteiger partial charge in [0, 0.05) is 11.1 Å². The fourth-order valence-electron chi connectivity index (χ4n) is 2.42. The smallest absolute Gasteiger partial charge is 0.341 e. The molecule has 1 aromatic rings. The largest absolute Gasteiger partial charge is 0.482 e. The molecule has 22 heavy (non-hydrogen) atoms. The van der Waals surface area contributed by atoms with E-state index < -0.39 is 11.4 Å². The lowest BCUT2D eigenvalue weighted by atomic mass is 9.83. The van der Waals surface area contributed by atoms with Crippen LogP contribution in [0.25, 0.3) is 0 Å². The van der Waals surface area contributed by atoms with E-state index in [9.17, 15) is 9.59 Å². The van der Waals surface area contributed by atoms with Gasteiger partial charge in [0.1, 0.15) is 5.75 Å². The second-order valence-electron chi connectivity index (χ2n) is 6.60. The van der Waals surface area contributed by atoms with Gasteiger partial charge in [-0.2, -0.15) is 0 Å². The van der Waals surface area contributed by atoms with Crippen molar-refractivity contribution in [3.8, 4) is 5.75 Å². The highest BCUT2D eigenvalue weighted by Gasteiger charge is 2.28. The number of anilines is 1. The van der Waals surface area contributed by atoms with Gasteiger partial charge in [-0.3, -0.25) is 4.79 Å². The summed E-state index contributed by atoms with van der Waals surface area (Å²) < 4.78 is 5.12. The first kappa shape index (κ1) is 18.0. The lowest BCUT2D eigenvalue weighted by Gasteiger charge is -2.26. The Labute approximate surface area is 131 Å². The average Bonchev–Trinajstić information content (AvgIpc) is 2.37. The van der Waals surface area contributed by atoms with Gasteiger partial charge in [0.2, 0.25) is 5.91 Å². The van der Waals surface area contributed by atoms with Crippen LogP contribution in [-0.4, -0.2) is 23.6 Å². The molecule has 0 heterocycles. The van der Waals surface area contributed by atoms with E-state index in [-0.39, 0.29) is 12.5 Å². The summed E-state index contributed by atoms with van der Waals surface area (Å²) >= 11 is 0. The zero-order valence-corrected chi connectivity index (χ0v) is 13.9. The Morgan fingerprint density at radius 3 is 2.45 bits per heavy atom. The summed E-state index contributed by atoms with van der Waals surface area (Å²) in [4.78, 5) is 22.9. The maximum absolute atomic E-state index is 12.4. The average molecular weight is 307 g/mol. The van der Waals surface area contributed by atoms with Crippen molar-refractivity contribution in [3.05, 3.63) is 23.8 Å². The highest BCUT2D eigenvalue weighted by atomic mass is 16.5. The number of aliphatic carboxylic acids is 1. The molecule has 5 heteroatoms. The number of hydrogen-bond acceptors (Lipinski definition) is 3. The van der Waals surface area contributed by atoms with E-state index in [0.717, 1.165) is 12.0 Å². The molecule has 0 fully saturated rings. The Kier molecular flexibility index (Phi) is 5.97. The third-order valence-corrected chi connectivity index (χ3v) is 3.34. The van der Waals surface area contributed by atoms with Gasteiger partial charge in [-0.25, -0.2) is 4.79 Å². The van der Waals surface area contributed by atoms with Crippen LogP contribution >= 0.6 is 0 Å². The summed E-state index contributed by atoms with van der Waals surface area (Å²) in [5, 5.41) is 11.5. The van der Waals surface area contributed by atoms with Gasteiger partial charge in [0.05, 0.1) is 0 Å². The monoisotopic (exact) mass is 307 g/mol. The minimum Gasteiger partial charge on any atom is -0.482 e. The lowest BCUT2D eigenvalue weighted by molar-refractivity contribution is -0.139. The third-order valence-electron chi connectivity index (χ3n) is 3.34. The highest BCUT2D eigenvalue weighted by molar-refractivity contribution is 5.95. The van der Waals surface area contributed by atoms with Crippen LogP contribution in [0.3, 0.4) is 0 Å². The second-order valence-corrected chi connectivity index (χ2v) is 6.60. The van der Waals surface area contributed by atoms with Gasteiger partial charge in [0.25, 0.3) is 0 Å². The first-order valence-electron chi connectivity index (χ1n) is 7.38. The molecule has 0 atom stereocenters. The maximum Gasteiger partial charge on any atom is 0.341 e. The Hall–Kier alpha value is -2.04. The van der Waals surface area contributed by atoms with E-state index in [1.807, 2.05) is 20.8 Å². The van der Waals surface area contributed by atoms with Gasteiger partial charge in [-0.15, -0.1) is 0 Å². The molecule has 0 aliphatic carbocycles. The Morgan fingerprint density at radius 1 is 1.32 bits per heavy atom. The zero-order valence-electron chi connectivity index (χ0n) is 13.9. The number of carboxylic acids is 1. The number of benzene rings is 1. The van der Waals surface area contributed by atoms with Gasteiger partial charge >= 0.3 is 5.97 Å². The van der Waals surface area contributed by atoms with Crippen molar-refractivity contribution in [2.45, 2.75) is 41.0 Å². The van der Waals surface area contributed by atoms with Crippen LogP contribution < -0.4 is 10.1 Å². The maximum atomic E-state index is 12.4. The van der Waals surface area contributed by atoms with E-state index in [1.54, 1.807) is 18.2 Å². The Bertz CT molecular complexity index is 550. The van der Waals surface area contributed by atoms with Crippen LogP contribution in [0.5, 0.6) is 5.75 Å². The van der Waals surface area contributed by atoms with Crippen molar-refractivity contribution in [2.75, 3.05) is 11.9 Å². The topological polar surface area (TPSA) is 75.6 Å². The summed E-state index contributed by atoms with van der Waals surface area (Å²) in [5.41, 5.74) is 1.10. The molecule has 0 unspecified atom stereocenters. The molecule has 0 saturated heterocycles. The van der Waals surface area contributed by atoms with E-state index in [2.05, 4.69) is 19.2 Å². The van der Waals surface area contributed by atoms with Gasteiger partial charge < -0.3 is 15.2 Å². The molecule has 122 valence electrons. The van der Waals surface area contributed by atoms with Crippen molar-refractivity contribution < 1.29 is 19.4 Å². The number of amides is 1. The minimum atomic E-state index is -1.02. The highest BCUT2D eigenvalue weighted by Crippen LogP contribution is 2.28. The molecule has 1 rings (SSSR count). The predicted molar refractivity (Wildman–Crippen MR) is 86.2 cm³/mol. The number of carbonyl (C=O) groups excluding carboxylic acids is 1. The summed E-state index contributed by atoms with van der Waals surface area (Å²) in [6, 6.07) is 5.10. The standard InChI is InChI=1S/C17H25NO4/c1-11(2)9-17(4,5)16(21)18-14-7-6-13(8-12(14)3)22-10-15(19)20/h6-8,11H,9-10H2,1-5H3,(H,18,21)(H,19,20). The first-order valence-corrected chi connectivity index (χ1v) is 7.38. The van der Waals surface area contributed by atoms with Crippen molar-refractivity contribution >= 4 is 17.6 Å². The quantitative estimate of drug-likeness (QED) is 0.808. The first-order chi connectivity index (χ1) is 10.1. The molecule has 1 aromatic carbocycles. The van der Waals surface area contributed by atoms with Crippen molar-refractivity contribution in [2.24, 2.45) is 11.3 Å². The summed E-state index contributed by atoms with van der Waals surface area (Å²) in [6.45, 7) is 9.51. The van der Waals surface area contributed by atoms with Crippen LogP contribution in [0.15, 0.2) is 18.2 Å². The predicted octanol–water partition coefficient (Wildman–Crippen LogP) is 3.47. The number of carboxylic acid groups (broad SMARTS) is 1. The Balaban J connectivity index is 2.77. The van der Waals surface area contributed by atoms with E-state index >= 15 is 0 Å². The van der Waals surface area contributed by atoms with Crippen LogP contribution in [0.1, 0.15) is 39.7 Å². The molecular weight excluding hydrogens is 282 g/mol. The number of ether oxygens (including phenoxy) is 1. The van der Waals surface area contributed by atoms with Gasteiger partial charge in [0.15, 0.2) is 6.61 Å². The normalized spacial score (nSPS) is 11.4. The zero-order chi connectivity index (χ0) is 16.9. The number of carbonyl (C=O) groups is 2. The fraction of sp³-hybridized carbons (Fsp3) is 0.529. The molecular formula is C17H25NO4. The SMILES string of the molecule is Cc1cc(OCC(=O)O)ccc1NC(=O)C(C)(C)CC(C)C. The molecule has 5 nitrogen and oxygen atoms in total. The van der Waals surface area contributed by atoms with Crippen molar-refractivity contribution in [1.82, 2.24) is 0 Å². The molecule has 0 spiro atoms. The van der Waals surface area contributed by atoms with Crippen LogP contribution in [0, 0.1) is 18.3 Å². The van der Waals surface area contributed by atoms with Crippen molar-refractivity contribution in [3.63, 3.8) is 0 Å². The number of rotatable bonds is 7. The molecule has 2 N–H and O–H groups in total. The summed E-state index contributed by atoms with van der Waals surface area (Å²) in [7, 11) is 0. The molecule has 0 saturated carbocycles. The van der Waals surface area contributed by atoms with Crippen molar-refractivity contribution in [1.29, 1.82) is 0 Å². The Morgan fingerprint density at radius 2 is 1.95 bits per heavy atom. The van der Waals surface area contributed by atoms with Crippen LogP contribution in [0.4, 0.5) is 5.69 Å². The number of nitrogens with one attached hydrogen (secondary N) is 1. The van der Waals surface area contributed by atoms with Crippen LogP contribution in [-0.2, 0) is 9.59 Å². The summed E-state index contributed by atoms with van der Waals surface area (Å²) in [6.07, 6.45) is 0.803. The fourth-order valence-corrected chi connectivity index (χ4v) is 2.42. The van der Waals surface area contributed by atoms with Crippen LogP contribution in [0.2, 0.25) is 0 Å². The number of hydrogen-bond donors (Lipinski definition) is 2. The lowest BCUT2D eigenvalue weighted by Crippen LogP contribution is -2.32. The van der Waals surface area contributed by atoms with Gasteiger partial charge in [-0.1, -0.05) is 27.7 Å². The minimum absolute atomic E-state index is 0.0245. The second kappa shape index (κ2) is 7.29. The third kappa shape index (κ3) is 5.39. The number of aryl methyl sites for hydroxylation is 1. The molecule has 0 aromatic heterocycles. The molecule has 0 aliphatic rings. The molecule has 0 radical (unpaired) electrons. The van der Waals surface area contributed by atoms with Gasteiger partial charge in [-0.05, 0) is 43.0 Å². The molecule has 1 amide bonds. The summed E-state index contributed by atoms with van der Waals surface area (Å²) in [5.74, 6) is -0.137. The molecule has 0 bridgehead atoms. The van der Waals surface area contributed by atoms with E-state index in [1.165, 1.54) is 0 Å². The van der Waals surface area contributed by atoms with E-state index in [4.69, 9.17) is 9.84 Å².